The molecule has 1 rings (SSSR count). The highest BCUT2D eigenvalue weighted by Crippen LogP contribution is 2.29. The topological polar surface area (TPSA) is 37.3 Å². The van der Waals surface area contributed by atoms with Gasteiger partial charge in [-0.15, -0.1) is 0 Å². The Morgan fingerprint density at radius 2 is 2.13 bits per heavy atom. The molecule has 0 aromatic heterocycles. The largest absolute Gasteiger partial charge is 0.512 e. The van der Waals surface area contributed by atoms with Crippen molar-refractivity contribution in [2.75, 3.05) is 0 Å². The van der Waals surface area contributed by atoms with Crippen LogP contribution in [0.4, 0.5) is 0 Å². The molecule has 0 aromatic rings. The summed E-state index contributed by atoms with van der Waals surface area (Å²) in [7, 11) is 0. The predicted octanol–water partition coefficient (Wildman–Crippen LogP) is 3.54. The molecule has 0 spiro atoms. The van der Waals surface area contributed by atoms with Crippen molar-refractivity contribution in [3.05, 3.63) is 23.0 Å². The number of Topliss-reactive ketones (excluding diaryl/α,β-unsaturated/α-hetero) is 1. The van der Waals surface area contributed by atoms with Crippen LogP contribution in [-0.2, 0) is 4.79 Å². The second kappa shape index (κ2) is 5.15. The molecule has 1 N–H and O–H groups in total. The lowest BCUT2D eigenvalue weighted by atomic mass is 9.94. The molecule has 1 aliphatic carbocycles. The Hall–Kier alpha value is -1.05. The fourth-order valence-corrected chi connectivity index (χ4v) is 1.99. The number of allylic oxidation sites excluding steroid dienone is 4. The first-order chi connectivity index (χ1) is 7.02. The van der Waals surface area contributed by atoms with Crippen molar-refractivity contribution in [1.29, 1.82) is 0 Å². The summed E-state index contributed by atoms with van der Waals surface area (Å²) in [5.41, 5.74) is 1.98. The van der Waals surface area contributed by atoms with E-state index >= 15 is 0 Å². The van der Waals surface area contributed by atoms with E-state index in [9.17, 15) is 9.90 Å². The summed E-state index contributed by atoms with van der Waals surface area (Å²) in [6, 6.07) is 0. The van der Waals surface area contributed by atoms with Gasteiger partial charge in [0.1, 0.15) is 0 Å². The maximum Gasteiger partial charge on any atom is 0.162 e. The molecule has 1 aliphatic rings. The third kappa shape index (κ3) is 3.22. The molecule has 1 unspecified atom stereocenters. The van der Waals surface area contributed by atoms with Gasteiger partial charge in [-0.2, -0.15) is 0 Å². The zero-order chi connectivity index (χ0) is 11.4. The van der Waals surface area contributed by atoms with E-state index in [2.05, 4.69) is 19.9 Å². The Morgan fingerprint density at radius 3 is 2.60 bits per heavy atom. The average molecular weight is 208 g/mol. The quantitative estimate of drug-likeness (QED) is 0.717. The smallest absolute Gasteiger partial charge is 0.162 e. The summed E-state index contributed by atoms with van der Waals surface area (Å²) < 4.78 is 0. The van der Waals surface area contributed by atoms with Crippen LogP contribution in [0.2, 0.25) is 0 Å². The second-order valence-corrected chi connectivity index (χ2v) is 4.54. The summed E-state index contributed by atoms with van der Waals surface area (Å²) in [5.74, 6) is 0.650. The van der Waals surface area contributed by atoms with Crippen molar-refractivity contribution >= 4 is 5.78 Å². The normalized spacial score (nSPS) is 18.2. The van der Waals surface area contributed by atoms with Crippen LogP contribution in [0.1, 0.15) is 46.5 Å². The Morgan fingerprint density at radius 1 is 1.47 bits per heavy atom. The second-order valence-electron chi connectivity index (χ2n) is 4.54. The molecule has 0 radical (unpaired) electrons. The molecule has 84 valence electrons. The molecule has 0 bridgehead atoms. The number of aliphatic hydroxyl groups excluding tert-OH is 1. The van der Waals surface area contributed by atoms with Crippen LogP contribution in [0.25, 0.3) is 0 Å². The molecule has 0 aliphatic heterocycles. The van der Waals surface area contributed by atoms with E-state index in [-0.39, 0.29) is 11.7 Å². The molecule has 0 saturated heterocycles. The van der Waals surface area contributed by atoms with Crippen LogP contribution < -0.4 is 0 Å². The Labute approximate surface area is 91.7 Å². The van der Waals surface area contributed by atoms with Gasteiger partial charge in [-0.3, -0.25) is 4.79 Å². The summed E-state index contributed by atoms with van der Waals surface area (Å²) in [4.78, 5) is 11.5. The number of carbonyl (C=O) groups is 1. The van der Waals surface area contributed by atoms with E-state index in [0.717, 1.165) is 12.8 Å². The van der Waals surface area contributed by atoms with Crippen molar-refractivity contribution in [3.8, 4) is 0 Å². The van der Waals surface area contributed by atoms with Gasteiger partial charge in [0.15, 0.2) is 5.78 Å². The minimum absolute atomic E-state index is 0.136. The van der Waals surface area contributed by atoms with E-state index in [1.165, 1.54) is 5.57 Å². The molecular weight excluding hydrogens is 188 g/mol. The van der Waals surface area contributed by atoms with Gasteiger partial charge >= 0.3 is 0 Å². The van der Waals surface area contributed by atoms with E-state index in [4.69, 9.17) is 0 Å². The monoisotopic (exact) mass is 208 g/mol. The van der Waals surface area contributed by atoms with Crippen molar-refractivity contribution in [1.82, 2.24) is 0 Å². The lowest BCUT2D eigenvalue weighted by Gasteiger charge is -2.11. The minimum Gasteiger partial charge on any atom is -0.512 e. The van der Waals surface area contributed by atoms with Crippen LogP contribution >= 0.6 is 0 Å². The third-order valence-electron chi connectivity index (χ3n) is 2.85. The summed E-state index contributed by atoms with van der Waals surface area (Å²) in [6.07, 6.45) is 5.13. The summed E-state index contributed by atoms with van der Waals surface area (Å²) >= 11 is 0. The number of rotatable bonds is 4. The molecule has 0 amide bonds. The highest BCUT2D eigenvalue weighted by atomic mass is 16.3. The molecule has 2 nitrogen and oxygen atoms in total. The van der Waals surface area contributed by atoms with Crippen LogP contribution in [0.5, 0.6) is 0 Å². The zero-order valence-corrected chi connectivity index (χ0v) is 9.84. The van der Waals surface area contributed by atoms with E-state index in [0.29, 0.717) is 24.2 Å². The Bertz CT molecular complexity index is 306. The molecule has 0 fully saturated rings. The van der Waals surface area contributed by atoms with Gasteiger partial charge in [0.05, 0.1) is 5.76 Å². The predicted molar refractivity (Wildman–Crippen MR) is 61.7 cm³/mol. The average Bonchev–Trinajstić information content (AvgIpc) is 2.45. The van der Waals surface area contributed by atoms with Gasteiger partial charge < -0.3 is 5.11 Å². The Balaban J connectivity index is 2.54. The molecule has 0 heterocycles. The molecule has 0 saturated carbocycles. The van der Waals surface area contributed by atoms with Gasteiger partial charge in [0.2, 0.25) is 0 Å². The van der Waals surface area contributed by atoms with Crippen molar-refractivity contribution < 1.29 is 9.90 Å². The molecular formula is C13H20O2. The number of hydrogen-bond donors (Lipinski definition) is 1. The van der Waals surface area contributed by atoms with Gasteiger partial charge in [0, 0.05) is 18.4 Å². The van der Waals surface area contributed by atoms with Gasteiger partial charge in [0.25, 0.3) is 0 Å². The molecule has 0 aromatic carbocycles. The molecule has 2 heteroatoms. The van der Waals surface area contributed by atoms with Crippen LogP contribution in [-0.4, -0.2) is 10.9 Å². The number of aliphatic hydroxyl groups is 1. The summed E-state index contributed by atoms with van der Waals surface area (Å²) in [6.45, 7) is 6.16. The first-order valence-corrected chi connectivity index (χ1v) is 5.61. The fraction of sp³-hybridized carbons (Fsp3) is 0.615. The number of hydrogen-bond acceptors (Lipinski definition) is 2. The summed E-state index contributed by atoms with van der Waals surface area (Å²) in [5, 5.41) is 9.58. The highest BCUT2D eigenvalue weighted by Gasteiger charge is 2.26. The number of carbonyl (C=O) groups excluding carboxylic acids is 1. The van der Waals surface area contributed by atoms with E-state index < -0.39 is 0 Å². The van der Waals surface area contributed by atoms with Crippen LogP contribution in [0.3, 0.4) is 0 Å². The maximum atomic E-state index is 11.5. The van der Waals surface area contributed by atoms with Gasteiger partial charge in [-0.05, 0) is 32.6 Å². The molecule has 1 atom stereocenters. The lowest BCUT2D eigenvalue weighted by molar-refractivity contribution is -0.115. The number of ketones is 1. The van der Waals surface area contributed by atoms with Gasteiger partial charge in [-0.1, -0.05) is 18.6 Å². The Kier molecular flexibility index (Phi) is 4.13. The fourth-order valence-electron chi connectivity index (χ4n) is 1.99. The first-order valence-electron chi connectivity index (χ1n) is 5.61. The third-order valence-corrected chi connectivity index (χ3v) is 2.85. The van der Waals surface area contributed by atoms with Crippen molar-refractivity contribution in [2.24, 2.45) is 5.92 Å². The maximum absolute atomic E-state index is 11.5. The van der Waals surface area contributed by atoms with E-state index in [1.54, 1.807) is 0 Å². The van der Waals surface area contributed by atoms with Crippen molar-refractivity contribution in [3.63, 3.8) is 0 Å². The van der Waals surface area contributed by atoms with Crippen molar-refractivity contribution in [2.45, 2.75) is 46.5 Å². The highest BCUT2D eigenvalue weighted by molar-refractivity contribution is 5.98. The first kappa shape index (κ1) is 12.0. The zero-order valence-electron chi connectivity index (χ0n) is 9.84. The van der Waals surface area contributed by atoms with Crippen LogP contribution in [0, 0.1) is 5.92 Å². The van der Waals surface area contributed by atoms with Crippen LogP contribution in [0.15, 0.2) is 23.0 Å². The minimum atomic E-state index is 0.136. The van der Waals surface area contributed by atoms with Gasteiger partial charge in [-0.25, -0.2) is 0 Å². The van der Waals surface area contributed by atoms with E-state index in [1.807, 2.05) is 6.92 Å². The molecule has 15 heavy (non-hydrogen) atoms. The SMILES string of the molecule is CC(C)=CCCC(C)C1=C(O)CCC1=O. The lowest BCUT2D eigenvalue weighted by Crippen LogP contribution is -2.07. The standard InChI is InChI=1S/C13H20O2/c1-9(2)5-4-6-10(3)13-11(14)7-8-12(13)15/h5,10,14H,4,6-8H2,1-3H3.